The number of hydrogen-bond donors (Lipinski definition) is 2. The molecule has 7 heteroatoms. The van der Waals surface area contributed by atoms with Crippen LogP contribution in [0.25, 0.3) is 33.4 Å². The molecule has 0 saturated carbocycles. The summed E-state index contributed by atoms with van der Waals surface area (Å²) in [5, 5.41) is 10.9. The van der Waals surface area contributed by atoms with Crippen LogP contribution in [0.2, 0.25) is 0 Å². The third-order valence-electron chi connectivity index (χ3n) is 6.79. The molecule has 0 unspecified atom stereocenters. The van der Waals surface area contributed by atoms with Gasteiger partial charge in [0.2, 0.25) is 0 Å². The van der Waals surface area contributed by atoms with Crippen molar-refractivity contribution in [2.75, 3.05) is 11.5 Å². The van der Waals surface area contributed by atoms with Gasteiger partial charge in [-0.15, -0.1) is 0 Å². The number of aryl methyl sites for hydroxylation is 1. The summed E-state index contributed by atoms with van der Waals surface area (Å²) in [6.07, 6.45) is 0. The van der Waals surface area contributed by atoms with Gasteiger partial charge in [-0.3, -0.25) is 10.1 Å². The Morgan fingerprint density at radius 2 is 0.822 bits per heavy atom. The van der Waals surface area contributed by atoms with E-state index in [4.69, 9.17) is 11.5 Å². The Morgan fingerprint density at radius 1 is 0.489 bits per heavy atom. The van der Waals surface area contributed by atoms with Gasteiger partial charge in [-0.1, -0.05) is 148 Å². The van der Waals surface area contributed by atoms with Crippen LogP contribution in [0.15, 0.2) is 155 Å². The van der Waals surface area contributed by atoms with E-state index in [0.717, 1.165) is 42.6 Å². The first-order chi connectivity index (χ1) is 21.3. The van der Waals surface area contributed by atoms with Crippen LogP contribution < -0.4 is 11.5 Å². The molecule has 0 aliphatic carbocycles. The number of nitrogens with two attached hydrogens (primary N) is 2. The van der Waals surface area contributed by atoms with E-state index >= 15 is 0 Å². The van der Waals surface area contributed by atoms with E-state index in [1.165, 1.54) is 17.2 Å². The number of nitrogens with zero attached hydrogens (tertiary/aromatic N) is 1. The zero-order chi connectivity index (χ0) is 31.5. The summed E-state index contributed by atoms with van der Waals surface area (Å²) in [4.78, 5) is 10.6. The highest BCUT2D eigenvalue weighted by atomic mass is 79.9. The van der Waals surface area contributed by atoms with Crippen molar-refractivity contribution in [1.82, 2.24) is 0 Å². The van der Waals surface area contributed by atoms with Gasteiger partial charge in [0.25, 0.3) is 5.69 Å². The minimum Gasteiger partial charge on any atom is -0.398 e. The lowest BCUT2D eigenvalue weighted by Crippen LogP contribution is -1.93. The number of rotatable bonds is 4. The third kappa shape index (κ3) is 9.14. The van der Waals surface area contributed by atoms with Gasteiger partial charge in [0.05, 0.1) is 10.5 Å². The van der Waals surface area contributed by atoms with Gasteiger partial charge in [-0.2, -0.15) is 0 Å². The summed E-state index contributed by atoms with van der Waals surface area (Å²) in [5.41, 5.74) is 20.4. The van der Waals surface area contributed by atoms with Crippen molar-refractivity contribution in [3.63, 3.8) is 0 Å². The molecule has 0 amide bonds. The summed E-state index contributed by atoms with van der Waals surface area (Å²) in [6, 6.07) is 46.3. The monoisotopic (exact) mass is 723 g/mol. The van der Waals surface area contributed by atoms with E-state index in [0.29, 0.717) is 5.56 Å². The van der Waals surface area contributed by atoms with Gasteiger partial charge in [-0.25, -0.2) is 0 Å². The maximum atomic E-state index is 10.9. The second kappa shape index (κ2) is 16.9. The fourth-order valence-electron chi connectivity index (χ4n) is 4.58. The van der Waals surface area contributed by atoms with E-state index in [9.17, 15) is 10.1 Å². The number of benzene rings is 6. The van der Waals surface area contributed by atoms with Crippen LogP contribution in [0.3, 0.4) is 0 Å². The first-order valence-electron chi connectivity index (χ1n) is 13.8. The number of nitro groups is 1. The van der Waals surface area contributed by atoms with Crippen LogP contribution in [0.4, 0.5) is 17.1 Å². The lowest BCUT2D eigenvalue weighted by molar-refractivity contribution is -0.384. The van der Waals surface area contributed by atoms with E-state index < -0.39 is 0 Å². The highest BCUT2D eigenvalue weighted by molar-refractivity contribution is 9.11. The summed E-state index contributed by atoms with van der Waals surface area (Å²) in [5.74, 6) is 0. The van der Waals surface area contributed by atoms with Crippen LogP contribution >= 0.6 is 31.9 Å². The number of halogens is 2. The Morgan fingerprint density at radius 3 is 1.22 bits per heavy atom. The fraction of sp³-hybridized carbons (Fsp3) is 0.0526. The largest absolute Gasteiger partial charge is 0.398 e. The summed E-state index contributed by atoms with van der Waals surface area (Å²) in [6.45, 7) is 1.95. The van der Waals surface area contributed by atoms with Crippen LogP contribution in [-0.4, -0.2) is 4.92 Å². The maximum absolute atomic E-state index is 10.9. The SMILES string of the molecule is Brc1ccccc1-c1ccccc1Br.C.Cc1ccccc1-c1ccccc1[N+](=O)[O-].Nc1ccccc1-c1ccccc1N. The molecule has 0 aromatic heterocycles. The molecule has 6 aromatic carbocycles. The zero-order valence-corrected chi connectivity index (χ0v) is 27.2. The van der Waals surface area contributed by atoms with Gasteiger partial charge < -0.3 is 11.5 Å². The number of nitrogen functional groups attached to an aromatic ring is 2. The Kier molecular flexibility index (Phi) is 13.1. The van der Waals surface area contributed by atoms with E-state index in [1.54, 1.807) is 12.1 Å². The average Bonchev–Trinajstić information content (AvgIpc) is 3.03. The molecule has 5 nitrogen and oxygen atoms in total. The molecule has 6 aromatic rings. The molecule has 0 saturated heterocycles. The number of anilines is 2. The van der Waals surface area contributed by atoms with Crippen molar-refractivity contribution in [1.29, 1.82) is 0 Å². The van der Waals surface area contributed by atoms with Crippen molar-refractivity contribution in [3.8, 4) is 33.4 Å². The molecule has 0 fully saturated rings. The van der Waals surface area contributed by atoms with Crippen LogP contribution in [0, 0.1) is 17.0 Å². The smallest absolute Gasteiger partial charge is 0.277 e. The highest BCUT2D eigenvalue weighted by Crippen LogP contribution is 2.34. The quantitative estimate of drug-likeness (QED) is 0.107. The van der Waals surface area contributed by atoms with Gasteiger partial charge >= 0.3 is 0 Å². The molecule has 0 atom stereocenters. The standard InChI is InChI=1S/C13H11NO2.C12H8Br2.C12H12N2.CH4/c1-10-6-2-3-7-11(10)12-8-4-5-9-13(12)14(15)16;2*13-11-7-3-1-5-9(11)10-6-2-4-8-12(10)14;/h2-9H,1H3;1-8H;1-8H,13-14H2;1H4. The van der Waals surface area contributed by atoms with Crippen molar-refractivity contribution in [3.05, 3.63) is 170 Å². The van der Waals surface area contributed by atoms with Crippen molar-refractivity contribution in [2.45, 2.75) is 14.4 Å². The van der Waals surface area contributed by atoms with Gasteiger partial charge in [0.1, 0.15) is 0 Å². The molecule has 0 aliphatic rings. The molecule has 0 heterocycles. The molecule has 0 bridgehead atoms. The lowest BCUT2D eigenvalue weighted by atomic mass is 9.99. The summed E-state index contributed by atoms with van der Waals surface area (Å²) in [7, 11) is 0. The Labute approximate surface area is 282 Å². The Hall–Kier alpha value is -4.72. The predicted molar refractivity (Wildman–Crippen MR) is 198 cm³/mol. The van der Waals surface area contributed by atoms with Gasteiger partial charge in [-0.05, 0) is 59.5 Å². The Bertz CT molecular complexity index is 1700. The minimum atomic E-state index is -0.345. The number of nitro benzene ring substituents is 1. The molecule has 0 aliphatic heterocycles. The topological polar surface area (TPSA) is 95.2 Å². The summed E-state index contributed by atoms with van der Waals surface area (Å²) >= 11 is 7.09. The summed E-state index contributed by atoms with van der Waals surface area (Å²) < 4.78 is 2.24. The van der Waals surface area contributed by atoms with Gasteiger partial charge in [0, 0.05) is 37.5 Å². The number of hydrogen-bond acceptors (Lipinski definition) is 4. The normalized spacial score (nSPS) is 9.84. The molecule has 6 rings (SSSR count). The molecular formula is C38H35Br2N3O2. The lowest BCUT2D eigenvalue weighted by Gasteiger charge is -2.07. The average molecular weight is 726 g/mol. The van der Waals surface area contributed by atoms with Crippen molar-refractivity contribution in [2.24, 2.45) is 0 Å². The van der Waals surface area contributed by atoms with E-state index in [-0.39, 0.29) is 18.0 Å². The van der Waals surface area contributed by atoms with Gasteiger partial charge in [0.15, 0.2) is 0 Å². The predicted octanol–water partition coefficient (Wildman–Crippen LogP) is 11.6. The minimum absolute atomic E-state index is 0. The molecule has 0 spiro atoms. The van der Waals surface area contributed by atoms with Crippen LogP contribution in [-0.2, 0) is 0 Å². The number of para-hydroxylation sites is 3. The zero-order valence-electron chi connectivity index (χ0n) is 24.0. The molecule has 45 heavy (non-hydrogen) atoms. The first kappa shape index (κ1) is 34.8. The molecule has 0 radical (unpaired) electrons. The highest BCUT2D eigenvalue weighted by Gasteiger charge is 2.14. The third-order valence-corrected chi connectivity index (χ3v) is 8.17. The van der Waals surface area contributed by atoms with Crippen molar-refractivity contribution < 1.29 is 4.92 Å². The van der Waals surface area contributed by atoms with Crippen LogP contribution in [0.5, 0.6) is 0 Å². The molecule has 228 valence electrons. The Balaban J connectivity index is 0.000000183. The fourth-order valence-corrected chi connectivity index (χ4v) is 5.58. The molecule has 4 N–H and O–H groups in total. The van der Waals surface area contributed by atoms with Crippen LogP contribution in [0.1, 0.15) is 13.0 Å². The maximum Gasteiger partial charge on any atom is 0.277 e. The molecular weight excluding hydrogens is 690 g/mol. The van der Waals surface area contributed by atoms with E-state index in [1.807, 2.05) is 110 Å². The van der Waals surface area contributed by atoms with E-state index in [2.05, 4.69) is 56.1 Å². The second-order valence-corrected chi connectivity index (χ2v) is 11.4. The van der Waals surface area contributed by atoms with Crippen molar-refractivity contribution >= 4 is 48.9 Å². The first-order valence-corrected chi connectivity index (χ1v) is 15.3. The second-order valence-electron chi connectivity index (χ2n) is 9.72.